The average Bonchev–Trinajstić information content (AvgIpc) is 2.66. The van der Waals surface area contributed by atoms with Gasteiger partial charge in [-0.2, -0.15) is 5.10 Å². The van der Waals surface area contributed by atoms with Crippen molar-refractivity contribution in [2.45, 2.75) is 26.2 Å². The fourth-order valence-electron chi connectivity index (χ4n) is 2.51. The lowest BCUT2D eigenvalue weighted by Gasteiger charge is -2.18. The highest BCUT2D eigenvalue weighted by molar-refractivity contribution is 5.96. The zero-order valence-electron chi connectivity index (χ0n) is 16.6. The second-order valence-corrected chi connectivity index (χ2v) is 6.99. The first-order valence-electron chi connectivity index (χ1n) is 8.54. The van der Waals surface area contributed by atoms with Crippen LogP contribution < -0.4 is 19.6 Å². The highest BCUT2D eigenvalue weighted by Gasteiger charge is 2.16. The van der Waals surface area contributed by atoms with Gasteiger partial charge in [-0.1, -0.05) is 45.0 Å². The Morgan fingerprint density at radius 3 is 1.96 bits per heavy atom. The maximum absolute atomic E-state index is 12.4. The van der Waals surface area contributed by atoms with Crippen molar-refractivity contribution in [3.8, 4) is 17.2 Å². The third kappa shape index (κ3) is 5.00. The fourth-order valence-corrected chi connectivity index (χ4v) is 2.51. The maximum atomic E-state index is 12.4. The number of carbonyl (C=O) groups excluding carboxylic acids is 1. The number of rotatable bonds is 6. The Morgan fingerprint density at radius 2 is 1.52 bits per heavy atom. The lowest BCUT2D eigenvalue weighted by molar-refractivity contribution is 0.0954. The molecule has 0 unspecified atom stereocenters. The van der Waals surface area contributed by atoms with E-state index in [1.165, 1.54) is 26.9 Å². The van der Waals surface area contributed by atoms with Crippen LogP contribution in [0.3, 0.4) is 0 Å². The summed E-state index contributed by atoms with van der Waals surface area (Å²) in [5.74, 6) is 0.864. The molecular formula is C21H26N2O4. The number of amides is 1. The number of ether oxygens (including phenoxy) is 3. The van der Waals surface area contributed by atoms with E-state index in [4.69, 9.17) is 14.2 Å². The van der Waals surface area contributed by atoms with E-state index in [1.54, 1.807) is 18.3 Å². The van der Waals surface area contributed by atoms with Gasteiger partial charge in [0.15, 0.2) is 11.5 Å². The molecule has 0 atom stereocenters. The van der Waals surface area contributed by atoms with Gasteiger partial charge >= 0.3 is 0 Å². The lowest BCUT2D eigenvalue weighted by atomic mass is 9.87. The minimum atomic E-state index is -0.378. The molecule has 0 aliphatic rings. The number of nitrogens with zero attached hydrogens (tertiary/aromatic N) is 1. The zero-order chi connectivity index (χ0) is 20.0. The summed E-state index contributed by atoms with van der Waals surface area (Å²) >= 11 is 0. The Kier molecular flexibility index (Phi) is 6.45. The van der Waals surface area contributed by atoms with E-state index < -0.39 is 0 Å². The van der Waals surface area contributed by atoms with Crippen molar-refractivity contribution in [1.29, 1.82) is 0 Å². The molecule has 0 radical (unpaired) electrons. The minimum absolute atomic E-state index is 0.0936. The fraction of sp³-hybridized carbons (Fsp3) is 0.333. The van der Waals surface area contributed by atoms with Crippen LogP contribution in [0.5, 0.6) is 17.2 Å². The summed E-state index contributed by atoms with van der Waals surface area (Å²) in [5, 5.41) is 4.03. The standard InChI is InChI=1S/C21H26N2O4/c1-21(2,3)16-9-7-14(8-10-16)13-22-23-20(24)15-11-17(25-4)19(27-6)18(12-15)26-5/h7-13H,1-6H3,(H,23,24)/b22-13+. The summed E-state index contributed by atoms with van der Waals surface area (Å²) in [7, 11) is 4.51. The van der Waals surface area contributed by atoms with Crippen molar-refractivity contribution in [1.82, 2.24) is 5.43 Å². The summed E-state index contributed by atoms with van der Waals surface area (Å²) in [4.78, 5) is 12.4. The van der Waals surface area contributed by atoms with Crippen molar-refractivity contribution in [2.75, 3.05) is 21.3 Å². The predicted octanol–water partition coefficient (Wildman–Crippen LogP) is 3.77. The van der Waals surface area contributed by atoms with E-state index in [9.17, 15) is 4.79 Å². The van der Waals surface area contributed by atoms with Crippen LogP contribution in [0.15, 0.2) is 41.5 Å². The number of nitrogens with one attached hydrogen (secondary N) is 1. The zero-order valence-corrected chi connectivity index (χ0v) is 16.6. The Bertz CT molecular complexity index is 796. The normalized spacial score (nSPS) is 11.3. The Morgan fingerprint density at radius 1 is 0.963 bits per heavy atom. The van der Waals surface area contributed by atoms with Crippen LogP contribution in [-0.2, 0) is 5.41 Å². The monoisotopic (exact) mass is 370 g/mol. The molecule has 0 bridgehead atoms. The van der Waals surface area contributed by atoms with Crippen LogP contribution in [0.2, 0.25) is 0 Å². The second-order valence-electron chi connectivity index (χ2n) is 6.99. The molecule has 1 amide bonds. The molecule has 0 aliphatic carbocycles. The van der Waals surface area contributed by atoms with Crippen LogP contribution >= 0.6 is 0 Å². The molecule has 6 heteroatoms. The van der Waals surface area contributed by atoms with E-state index in [1.807, 2.05) is 12.1 Å². The molecule has 0 aliphatic heterocycles. The number of hydrazone groups is 1. The first-order valence-corrected chi connectivity index (χ1v) is 8.54. The second kappa shape index (κ2) is 8.58. The molecule has 144 valence electrons. The molecule has 6 nitrogen and oxygen atoms in total. The summed E-state index contributed by atoms with van der Waals surface area (Å²) in [6.45, 7) is 6.48. The molecule has 0 saturated carbocycles. The van der Waals surface area contributed by atoms with Crippen molar-refractivity contribution in [3.63, 3.8) is 0 Å². The Hall–Kier alpha value is -3.02. The van der Waals surface area contributed by atoms with E-state index >= 15 is 0 Å². The summed E-state index contributed by atoms with van der Waals surface area (Å²) in [6, 6.07) is 11.2. The molecule has 2 rings (SSSR count). The topological polar surface area (TPSA) is 69.2 Å². The summed E-state index contributed by atoms with van der Waals surface area (Å²) in [5.41, 5.74) is 5.09. The number of methoxy groups -OCH3 is 3. The van der Waals surface area contributed by atoms with E-state index in [0.29, 0.717) is 22.8 Å². The van der Waals surface area contributed by atoms with E-state index in [0.717, 1.165) is 5.56 Å². The van der Waals surface area contributed by atoms with Gasteiger partial charge in [-0.05, 0) is 28.7 Å². The average molecular weight is 370 g/mol. The van der Waals surface area contributed by atoms with Gasteiger partial charge in [0.2, 0.25) is 5.75 Å². The number of hydrogen-bond donors (Lipinski definition) is 1. The van der Waals surface area contributed by atoms with Crippen LogP contribution in [-0.4, -0.2) is 33.5 Å². The number of carbonyl (C=O) groups is 1. The third-order valence-corrected chi connectivity index (χ3v) is 4.08. The molecule has 0 spiro atoms. The first-order chi connectivity index (χ1) is 12.8. The molecule has 0 heterocycles. The van der Waals surface area contributed by atoms with Gasteiger partial charge in [0.25, 0.3) is 5.91 Å². The van der Waals surface area contributed by atoms with Crippen molar-refractivity contribution < 1.29 is 19.0 Å². The van der Waals surface area contributed by atoms with Gasteiger partial charge in [-0.3, -0.25) is 4.79 Å². The molecule has 2 aromatic carbocycles. The van der Waals surface area contributed by atoms with Gasteiger partial charge in [-0.25, -0.2) is 5.43 Å². The summed E-state index contributed by atoms with van der Waals surface area (Å²) in [6.07, 6.45) is 1.60. The van der Waals surface area contributed by atoms with Gasteiger partial charge in [0, 0.05) is 5.56 Å². The minimum Gasteiger partial charge on any atom is -0.493 e. The van der Waals surface area contributed by atoms with Crippen LogP contribution in [0.25, 0.3) is 0 Å². The largest absolute Gasteiger partial charge is 0.493 e. The van der Waals surface area contributed by atoms with Crippen molar-refractivity contribution in [2.24, 2.45) is 5.10 Å². The SMILES string of the molecule is COc1cc(C(=O)N/N=C/c2ccc(C(C)(C)C)cc2)cc(OC)c1OC. The molecule has 0 aromatic heterocycles. The molecule has 27 heavy (non-hydrogen) atoms. The molecule has 0 fully saturated rings. The van der Waals surface area contributed by atoms with Crippen LogP contribution in [0.1, 0.15) is 42.3 Å². The quantitative estimate of drug-likeness (QED) is 0.621. The van der Waals surface area contributed by atoms with E-state index in [-0.39, 0.29) is 11.3 Å². The highest BCUT2D eigenvalue weighted by Crippen LogP contribution is 2.38. The van der Waals surface area contributed by atoms with Crippen LogP contribution in [0, 0.1) is 0 Å². The third-order valence-electron chi connectivity index (χ3n) is 4.08. The molecule has 1 N–H and O–H groups in total. The van der Waals surface area contributed by atoms with E-state index in [2.05, 4.69) is 43.4 Å². The Labute approximate surface area is 160 Å². The van der Waals surface area contributed by atoms with Gasteiger partial charge in [0.05, 0.1) is 27.5 Å². The maximum Gasteiger partial charge on any atom is 0.271 e. The number of benzene rings is 2. The highest BCUT2D eigenvalue weighted by atomic mass is 16.5. The lowest BCUT2D eigenvalue weighted by Crippen LogP contribution is -2.18. The Balaban J connectivity index is 2.12. The van der Waals surface area contributed by atoms with Crippen LogP contribution in [0.4, 0.5) is 0 Å². The first kappa shape index (κ1) is 20.3. The van der Waals surface area contributed by atoms with Gasteiger partial charge in [-0.15, -0.1) is 0 Å². The number of hydrogen-bond acceptors (Lipinski definition) is 5. The predicted molar refractivity (Wildman–Crippen MR) is 106 cm³/mol. The van der Waals surface area contributed by atoms with Crippen molar-refractivity contribution >= 4 is 12.1 Å². The van der Waals surface area contributed by atoms with Gasteiger partial charge in [0.1, 0.15) is 0 Å². The van der Waals surface area contributed by atoms with Gasteiger partial charge < -0.3 is 14.2 Å². The molecule has 2 aromatic rings. The summed E-state index contributed by atoms with van der Waals surface area (Å²) < 4.78 is 15.8. The molecule has 0 saturated heterocycles. The molecular weight excluding hydrogens is 344 g/mol. The smallest absolute Gasteiger partial charge is 0.271 e. The van der Waals surface area contributed by atoms with Crippen molar-refractivity contribution in [3.05, 3.63) is 53.1 Å².